The third-order valence-corrected chi connectivity index (χ3v) is 5.70. The molecule has 0 saturated heterocycles. The highest BCUT2D eigenvalue weighted by Gasteiger charge is 2.35. The van der Waals surface area contributed by atoms with Crippen molar-refractivity contribution < 1.29 is 9.84 Å². The zero-order chi connectivity index (χ0) is 22.5. The summed E-state index contributed by atoms with van der Waals surface area (Å²) in [5.74, 6) is 1.64. The van der Waals surface area contributed by atoms with Crippen LogP contribution >= 0.6 is 0 Å². The minimum absolute atomic E-state index is 0.199. The lowest BCUT2D eigenvalue weighted by Crippen LogP contribution is -2.26. The van der Waals surface area contributed by atoms with Crippen molar-refractivity contribution in [1.29, 1.82) is 0 Å². The summed E-state index contributed by atoms with van der Waals surface area (Å²) in [5.41, 5.74) is 5.15. The van der Waals surface area contributed by atoms with Gasteiger partial charge in [0, 0.05) is 30.1 Å². The molecule has 0 radical (unpaired) electrons. The van der Waals surface area contributed by atoms with E-state index >= 15 is 0 Å². The number of phenols is 1. The van der Waals surface area contributed by atoms with Crippen molar-refractivity contribution >= 4 is 17.0 Å². The first-order chi connectivity index (χ1) is 15.3. The molecule has 0 aliphatic carbocycles. The van der Waals surface area contributed by atoms with E-state index in [0.717, 1.165) is 39.8 Å². The van der Waals surface area contributed by atoms with Crippen LogP contribution in [0.1, 0.15) is 30.8 Å². The smallest absolute Gasteiger partial charge is 0.299 e. The summed E-state index contributed by atoms with van der Waals surface area (Å²) in [4.78, 5) is 18.1. The van der Waals surface area contributed by atoms with Gasteiger partial charge in [-0.1, -0.05) is 6.07 Å². The van der Waals surface area contributed by atoms with Gasteiger partial charge in [0.1, 0.15) is 18.2 Å². The van der Waals surface area contributed by atoms with Gasteiger partial charge in [-0.3, -0.25) is 9.55 Å². The number of aryl methyl sites for hydroxylation is 2. The van der Waals surface area contributed by atoms with Crippen molar-refractivity contribution in [3.05, 3.63) is 53.6 Å². The van der Waals surface area contributed by atoms with Gasteiger partial charge in [-0.2, -0.15) is 4.98 Å². The SMILES string of the molecule is Cc1cncc(-c2cc(CCNc3nc(C)nc4c3nc3n4C(C)(C)CO3)ccc2O)c1. The molecule has 8 heteroatoms. The van der Waals surface area contributed by atoms with Gasteiger partial charge in [0.15, 0.2) is 17.0 Å². The Morgan fingerprint density at radius 3 is 2.78 bits per heavy atom. The van der Waals surface area contributed by atoms with E-state index in [1.165, 1.54) is 0 Å². The highest BCUT2D eigenvalue weighted by atomic mass is 16.5. The Kier molecular flexibility index (Phi) is 4.73. The normalized spacial score (nSPS) is 14.4. The Balaban J connectivity index is 1.38. The van der Waals surface area contributed by atoms with E-state index in [-0.39, 0.29) is 11.3 Å². The fraction of sp³-hybridized carbons (Fsp3) is 0.333. The molecular formula is C24H26N6O2. The number of hydrogen-bond acceptors (Lipinski definition) is 7. The van der Waals surface area contributed by atoms with E-state index in [1.54, 1.807) is 18.5 Å². The number of aromatic hydroxyl groups is 1. The van der Waals surface area contributed by atoms with E-state index < -0.39 is 0 Å². The summed E-state index contributed by atoms with van der Waals surface area (Å²) in [6, 6.07) is 8.29. The number of imidazole rings is 1. The number of fused-ring (bicyclic) bond motifs is 3. The van der Waals surface area contributed by atoms with Crippen LogP contribution < -0.4 is 10.1 Å². The average Bonchev–Trinajstić information content (AvgIpc) is 3.26. The van der Waals surface area contributed by atoms with Gasteiger partial charge >= 0.3 is 0 Å². The number of nitrogens with one attached hydrogen (secondary N) is 1. The lowest BCUT2D eigenvalue weighted by Gasteiger charge is -2.18. The van der Waals surface area contributed by atoms with E-state index in [0.29, 0.717) is 30.8 Å². The highest BCUT2D eigenvalue weighted by Crippen LogP contribution is 2.36. The van der Waals surface area contributed by atoms with Crippen molar-refractivity contribution in [3.8, 4) is 22.9 Å². The lowest BCUT2D eigenvalue weighted by molar-refractivity contribution is 0.268. The van der Waals surface area contributed by atoms with Crippen LogP contribution in [0.4, 0.5) is 5.82 Å². The van der Waals surface area contributed by atoms with Crippen LogP contribution in [-0.2, 0) is 12.0 Å². The summed E-state index contributed by atoms with van der Waals surface area (Å²) >= 11 is 0. The lowest BCUT2D eigenvalue weighted by atomic mass is 10.0. The Bertz CT molecular complexity index is 1330. The van der Waals surface area contributed by atoms with Crippen LogP contribution in [0.3, 0.4) is 0 Å². The van der Waals surface area contributed by atoms with Gasteiger partial charge in [-0.25, -0.2) is 9.97 Å². The molecular weight excluding hydrogens is 404 g/mol. The Morgan fingerprint density at radius 1 is 1.12 bits per heavy atom. The second-order valence-corrected chi connectivity index (χ2v) is 8.90. The summed E-state index contributed by atoms with van der Waals surface area (Å²) in [6.45, 7) is 9.34. The zero-order valence-electron chi connectivity index (χ0n) is 18.7. The molecule has 32 heavy (non-hydrogen) atoms. The predicted octanol–water partition coefficient (Wildman–Crippen LogP) is 3.99. The fourth-order valence-corrected chi connectivity index (χ4v) is 4.12. The van der Waals surface area contributed by atoms with Crippen LogP contribution in [0, 0.1) is 13.8 Å². The number of pyridine rings is 1. The van der Waals surface area contributed by atoms with Crippen LogP contribution in [0.15, 0.2) is 36.7 Å². The summed E-state index contributed by atoms with van der Waals surface area (Å²) in [5, 5.41) is 13.8. The number of ether oxygens (including phenoxy) is 1. The first-order valence-corrected chi connectivity index (χ1v) is 10.7. The fourth-order valence-electron chi connectivity index (χ4n) is 4.12. The van der Waals surface area contributed by atoms with Gasteiger partial charge in [0.2, 0.25) is 0 Å². The van der Waals surface area contributed by atoms with Crippen LogP contribution in [0.25, 0.3) is 22.3 Å². The number of anilines is 1. The van der Waals surface area contributed by atoms with E-state index in [4.69, 9.17) is 4.74 Å². The molecule has 0 amide bonds. The molecule has 1 aliphatic heterocycles. The molecule has 0 fully saturated rings. The maximum Gasteiger partial charge on any atom is 0.299 e. The Morgan fingerprint density at radius 2 is 1.97 bits per heavy atom. The molecule has 0 atom stereocenters. The zero-order valence-corrected chi connectivity index (χ0v) is 18.7. The van der Waals surface area contributed by atoms with Crippen molar-refractivity contribution in [3.63, 3.8) is 0 Å². The molecule has 2 N–H and O–H groups in total. The van der Waals surface area contributed by atoms with E-state index in [1.807, 2.05) is 36.6 Å². The highest BCUT2D eigenvalue weighted by molar-refractivity contribution is 5.84. The molecule has 4 heterocycles. The summed E-state index contributed by atoms with van der Waals surface area (Å²) in [7, 11) is 0. The van der Waals surface area contributed by atoms with Crippen LogP contribution in [0.2, 0.25) is 0 Å². The Hall–Kier alpha value is -3.68. The van der Waals surface area contributed by atoms with Crippen molar-refractivity contribution in [2.45, 2.75) is 39.7 Å². The van der Waals surface area contributed by atoms with Gasteiger partial charge in [0.05, 0.1) is 5.54 Å². The van der Waals surface area contributed by atoms with Gasteiger partial charge < -0.3 is 15.2 Å². The molecule has 1 aromatic carbocycles. The third kappa shape index (κ3) is 3.51. The quantitative estimate of drug-likeness (QED) is 0.494. The minimum atomic E-state index is -0.199. The predicted molar refractivity (Wildman–Crippen MR) is 123 cm³/mol. The van der Waals surface area contributed by atoms with Gasteiger partial charge in [-0.05, 0) is 63.4 Å². The molecule has 0 unspecified atom stereocenters. The maximum atomic E-state index is 10.3. The second kappa shape index (κ2) is 7.47. The molecule has 0 bridgehead atoms. The van der Waals surface area contributed by atoms with Crippen molar-refractivity contribution in [2.75, 3.05) is 18.5 Å². The van der Waals surface area contributed by atoms with Gasteiger partial charge in [-0.15, -0.1) is 0 Å². The standard InChI is InChI=1S/C24H26N6O2/c1-14-9-17(12-25-11-14)18-10-16(5-6-19(18)31)7-8-26-21-20-22(28-15(2)27-21)30-23(29-20)32-13-24(30,3)4/h5-6,9-12,31H,7-8,13H2,1-4H3,(H,26,27,28). The molecule has 164 valence electrons. The molecule has 1 aliphatic rings. The Labute approximate surface area is 186 Å². The average molecular weight is 431 g/mol. The number of hydrogen-bond donors (Lipinski definition) is 2. The van der Waals surface area contributed by atoms with Crippen molar-refractivity contribution in [1.82, 2.24) is 24.5 Å². The first kappa shape index (κ1) is 20.2. The molecule has 8 nitrogen and oxygen atoms in total. The molecule has 4 aromatic rings. The number of phenolic OH excluding ortho intramolecular Hbond substituents is 1. The largest absolute Gasteiger partial charge is 0.507 e. The second-order valence-electron chi connectivity index (χ2n) is 8.90. The summed E-state index contributed by atoms with van der Waals surface area (Å²) in [6.07, 6.45) is 4.33. The van der Waals surface area contributed by atoms with Crippen LogP contribution in [-0.4, -0.2) is 42.8 Å². The monoisotopic (exact) mass is 430 g/mol. The topological polar surface area (TPSA) is 98.0 Å². The number of rotatable bonds is 5. The molecule has 3 aromatic heterocycles. The maximum absolute atomic E-state index is 10.3. The number of nitrogens with zero attached hydrogens (tertiary/aromatic N) is 5. The van der Waals surface area contributed by atoms with E-state index in [2.05, 4.69) is 39.1 Å². The number of benzene rings is 1. The molecule has 0 spiro atoms. The minimum Gasteiger partial charge on any atom is -0.507 e. The van der Waals surface area contributed by atoms with E-state index in [9.17, 15) is 5.11 Å². The van der Waals surface area contributed by atoms with Crippen LogP contribution in [0.5, 0.6) is 11.8 Å². The molecule has 5 rings (SSSR count). The summed E-state index contributed by atoms with van der Waals surface area (Å²) < 4.78 is 7.82. The molecule has 0 saturated carbocycles. The number of aromatic nitrogens is 5. The van der Waals surface area contributed by atoms with Crippen molar-refractivity contribution in [2.24, 2.45) is 0 Å². The first-order valence-electron chi connectivity index (χ1n) is 10.7. The third-order valence-electron chi connectivity index (χ3n) is 5.70. The van der Waals surface area contributed by atoms with Gasteiger partial charge in [0.25, 0.3) is 6.01 Å².